The van der Waals surface area contributed by atoms with E-state index in [4.69, 9.17) is 4.74 Å². The van der Waals surface area contributed by atoms with Crippen LogP contribution in [0.4, 0.5) is 11.4 Å². The predicted octanol–water partition coefficient (Wildman–Crippen LogP) is 2.28. The van der Waals surface area contributed by atoms with Gasteiger partial charge in [0, 0.05) is 0 Å². The summed E-state index contributed by atoms with van der Waals surface area (Å²) in [5, 5.41) is 3.25. The fourth-order valence-corrected chi connectivity index (χ4v) is 3.26. The Morgan fingerprint density at radius 2 is 2.00 bits per heavy atom. The van der Waals surface area contributed by atoms with Crippen LogP contribution in [0.15, 0.2) is 12.1 Å². The maximum absolute atomic E-state index is 12.5. The van der Waals surface area contributed by atoms with Gasteiger partial charge in [0.05, 0.1) is 18.0 Å². The van der Waals surface area contributed by atoms with Gasteiger partial charge in [0.15, 0.2) is 0 Å². The van der Waals surface area contributed by atoms with Crippen molar-refractivity contribution >= 4 is 23.3 Å². The van der Waals surface area contributed by atoms with Gasteiger partial charge in [0.25, 0.3) is 0 Å². The van der Waals surface area contributed by atoms with Crippen LogP contribution >= 0.6 is 0 Å². The molecule has 3 rings (SSSR count). The minimum Gasteiger partial charge on any atom is -0.465 e. The zero-order valence-electron chi connectivity index (χ0n) is 13.1. The van der Waals surface area contributed by atoms with Crippen LogP contribution in [-0.2, 0) is 27.2 Å². The van der Waals surface area contributed by atoms with Crippen molar-refractivity contribution in [1.82, 2.24) is 0 Å². The summed E-state index contributed by atoms with van der Waals surface area (Å²) in [4.78, 5) is 25.8. The lowest BCUT2D eigenvalue weighted by atomic mass is 9.90. The fraction of sp³-hybridized carbons (Fsp3) is 0.529. The maximum atomic E-state index is 12.5. The number of carbonyl (C=O) groups is 2. The van der Waals surface area contributed by atoms with Gasteiger partial charge in [-0.05, 0) is 62.8 Å². The lowest BCUT2D eigenvalue weighted by Crippen LogP contribution is -2.48. The topological polar surface area (TPSA) is 58.6 Å². The van der Waals surface area contributed by atoms with Gasteiger partial charge in [-0.1, -0.05) is 0 Å². The molecule has 1 aliphatic carbocycles. The largest absolute Gasteiger partial charge is 0.465 e. The quantitative estimate of drug-likeness (QED) is 0.870. The summed E-state index contributed by atoms with van der Waals surface area (Å²) in [7, 11) is 0. The van der Waals surface area contributed by atoms with Crippen molar-refractivity contribution in [3.8, 4) is 0 Å². The Morgan fingerprint density at radius 1 is 1.32 bits per heavy atom. The fourth-order valence-electron chi connectivity index (χ4n) is 3.26. The van der Waals surface area contributed by atoms with Gasteiger partial charge in [-0.25, -0.2) is 0 Å². The third-order valence-corrected chi connectivity index (χ3v) is 4.35. The van der Waals surface area contributed by atoms with Crippen LogP contribution < -0.4 is 10.2 Å². The van der Waals surface area contributed by atoms with Crippen molar-refractivity contribution in [2.45, 2.75) is 45.6 Å². The number of hydrogen-bond donors (Lipinski definition) is 1. The summed E-state index contributed by atoms with van der Waals surface area (Å²) in [5.74, 6) is -0.454. The monoisotopic (exact) mass is 302 g/mol. The van der Waals surface area contributed by atoms with Gasteiger partial charge < -0.3 is 10.1 Å². The van der Waals surface area contributed by atoms with Gasteiger partial charge in [0.1, 0.15) is 12.6 Å². The number of esters is 1. The highest BCUT2D eigenvalue weighted by Crippen LogP contribution is 2.36. The second-order valence-electron chi connectivity index (χ2n) is 5.94. The molecule has 1 heterocycles. The summed E-state index contributed by atoms with van der Waals surface area (Å²) < 4.78 is 5.00. The van der Waals surface area contributed by atoms with E-state index >= 15 is 0 Å². The lowest BCUT2D eigenvalue weighted by Gasteiger charge is -2.34. The Morgan fingerprint density at radius 3 is 2.68 bits per heavy atom. The van der Waals surface area contributed by atoms with E-state index in [2.05, 4.69) is 17.4 Å². The van der Waals surface area contributed by atoms with Crippen LogP contribution in [0.3, 0.4) is 0 Å². The molecule has 0 bridgehead atoms. The molecular weight excluding hydrogens is 280 g/mol. The Hall–Kier alpha value is -2.04. The van der Waals surface area contributed by atoms with Crippen molar-refractivity contribution in [2.24, 2.45) is 0 Å². The summed E-state index contributed by atoms with van der Waals surface area (Å²) in [6.45, 7) is 3.89. The highest BCUT2D eigenvalue weighted by Gasteiger charge is 2.32. The third kappa shape index (κ3) is 2.67. The number of amides is 1. The van der Waals surface area contributed by atoms with E-state index in [1.807, 2.05) is 6.92 Å². The molecule has 0 saturated carbocycles. The van der Waals surface area contributed by atoms with Gasteiger partial charge in [-0.2, -0.15) is 0 Å². The molecule has 0 fully saturated rings. The van der Waals surface area contributed by atoms with Crippen LogP contribution in [0.1, 0.15) is 37.8 Å². The number of anilines is 2. The van der Waals surface area contributed by atoms with Crippen molar-refractivity contribution in [2.75, 3.05) is 23.4 Å². The molecule has 1 aromatic carbocycles. The number of nitrogens with zero attached hydrogens (tertiary/aromatic N) is 1. The lowest BCUT2D eigenvalue weighted by molar-refractivity contribution is -0.142. The summed E-state index contributed by atoms with van der Waals surface area (Å²) in [5.41, 5.74) is 4.40. The Bertz CT molecular complexity index is 612. The van der Waals surface area contributed by atoms with E-state index < -0.39 is 0 Å². The van der Waals surface area contributed by atoms with E-state index in [1.165, 1.54) is 24.0 Å². The van der Waals surface area contributed by atoms with Gasteiger partial charge >= 0.3 is 5.97 Å². The van der Waals surface area contributed by atoms with Gasteiger partial charge in [0.2, 0.25) is 5.91 Å². The molecule has 0 aromatic heterocycles. The molecular formula is C17H22N2O3. The molecule has 5 nitrogen and oxygen atoms in total. The molecule has 5 heteroatoms. The first-order chi connectivity index (χ1) is 10.6. The third-order valence-electron chi connectivity index (χ3n) is 4.35. The first-order valence-corrected chi connectivity index (χ1v) is 7.99. The smallest absolute Gasteiger partial charge is 0.326 e. The van der Waals surface area contributed by atoms with Crippen LogP contribution in [-0.4, -0.2) is 31.1 Å². The molecule has 0 spiro atoms. The number of nitrogens with one attached hydrogen (secondary N) is 1. The van der Waals surface area contributed by atoms with Crippen molar-refractivity contribution in [1.29, 1.82) is 0 Å². The summed E-state index contributed by atoms with van der Waals surface area (Å²) >= 11 is 0. The average molecular weight is 302 g/mol. The number of ether oxygens (including phenoxy) is 1. The molecule has 118 valence electrons. The number of hydrogen-bond acceptors (Lipinski definition) is 4. The van der Waals surface area contributed by atoms with Crippen LogP contribution in [0, 0.1) is 0 Å². The van der Waals surface area contributed by atoms with Crippen molar-refractivity contribution in [3.63, 3.8) is 0 Å². The predicted molar refractivity (Wildman–Crippen MR) is 85.2 cm³/mol. The van der Waals surface area contributed by atoms with Crippen molar-refractivity contribution in [3.05, 3.63) is 23.3 Å². The van der Waals surface area contributed by atoms with E-state index in [-0.39, 0.29) is 24.5 Å². The second-order valence-corrected chi connectivity index (χ2v) is 5.94. The summed E-state index contributed by atoms with van der Waals surface area (Å²) in [6, 6.07) is 3.88. The van der Waals surface area contributed by atoms with Crippen LogP contribution in [0.5, 0.6) is 0 Å². The zero-order valence-corrected chi connectivity index (χ0v) is 13.1. The van der Waals surface area contributed by atoms with Crippen molar-refractivity contribution < 1.29 is 14.3 Å². The van der Waals surface area contributed by atoms with Gasteiger partial charge in [-0.3, -0.25) is 14.5 Å². The van der Waals surface area contributed by atoms with Gasteiger partial charge in [-0.15, -0.1) is 0 Å². The first-order valence-electron chi connectivity index (χ1n) is 7.99. The highest BCUT2D eigenvalue weighted by atomic mass is 16.5. The first kappa shape index (κ1) is 14.9. The van der Waals surface area contributed by atoms with E-state index in [1.54, 1.807) is 11.8 Å². The zero-order chi connectivity index (χ0) is 15.7. The SMILES string of the molecule is CCOC(=O)CN1C(=O)C(C)Nc2cc3c(cc21)CCCC3. The van der Waals surface area contributed by atoms with E-state index in [0.717, 1.165) is 24.2 Å². The molecule has 1 aliphatic heterocycles. The number of fused-ring (bicyclic) bond motifs is 2. The highest BCUT2D eigenvalue weighted by molar-refractivity contribution is 6.07. The number of rotatable bonds is 3. The molecule has 1 amide bonds. The molecule has 0 saturated heterocycles. The molecule has 1 aromatic rings. The number of carbonyl (C=O) groups excluding carboxylic acids is 2. The molecule has 1 atom stereocenters. The Labute approximate surface area is 130 Å². The number of benzene rings is 1. The molecule has 2 aliphatic rings. The molecule has 0 radical (unpaired) electrons. The second kappa shape index (κ2) is 5.99. The molecule has 1 N–H and O–H groups in total. The standard InChI is InChI=1S/C17H22N2O3/c1-3-22-16(20)10-19-15-9-13-7-5-4-6-12(13)8-14(15)18-11(2)17(19)21/h8-9,11,18H,3-7,10H2,1-2H3. The number of aryl methyl sites for hydroxylation is 2. The Balaban J connectivity index is 1.97. The van der Waals surface area contributed by atoms with Crippen LogP contribution in [0.2, 0.25) is 0 Å². The van der Waals surface area contributed by atoms with Crippen LogP contribution in [0.25, 0.3) is 0 Å². The van der Waals surface area contributed by atoms with E-state index in [0.29, 0.717) is 6.61 Å². The normalized spacial score (nSPS) is 20.0. The summed E-state index contributed by atoms with van der Waals surface area (Å²) in [6.07, 6.45) is 4.53. The molecule has 1 unspecified atom stereocenters. The molecule has 22 heavy (non-hydrogen) atoms. The average Bonchev–Trinajstić information content (AvgIpc) is 2.50. The minimum atomic E-state index is -0.367. The van der Waals surface area contributed by atoms with E-state index in [9.17, 15) is 9.59 Å². The minimum absolute atomic E-state index is 0.0233. The maximum Gasteiger partial charge on any atom is 0.326 e. The Kier molecular flexibility index (Phi) is 4.05.